The molecule has 0 bridgehead atoms. The van der Waals surface area contributed by atoms with Crippen LogP contribution < -0.4 is 0 Å². The molecule has 1 N–H and O–H groups in total. The third-order valence-electron chi connectivity index (χ3n) is 5.64. The van der Waals surface area contributed by atoms with Crippen LogP contribution in [0.4, 0.5) is 0 Å². The number of nitrogens with zero attached hydrogens (tertiary/aromatic N) is 3. The Morgan fingerprint density at radius 3 is 2.68 bits per heavy atom. The van der Waals surface area contributed by atoms with E-state index in [9.17, 15) is 4.79 Å². The highest BCUT2D eigenvalue weighted by Crippen LogP contribution is 2.36. The Hall–Kier alpha value is -1.40. The Kier molecular flexibility index (Phi) is 6.87. The lowest BCUT2D eigenvalue weighted by Crippen LogP contribution is -2.49. The first-order valence-electron chi connectivity index (χ1n) is 9.89. The summed E-state index contributed by atoms with van der Waals surface area (Å²) in [7, 11) is 0. The van der Waals surface area contributed by atoms with E-state index in [1.165, 1.54) is 32.1 Å². The largest absolute Gasteiger partial charge is 0.370 e. The van der Waals surface area contributed by atoms with Crippen molar-refractivity contribution in [2.75, 3.05) is 39.3 Å². The van der Waals surface area contributed by atoms with Crippen LogP contribution in [-0.4, -0.2) is 65.2 Å². The maximum Gasteiger partial charge on any atom is 0.222 e. The van der Waals surface area contributed by atoms with Gasteiger partial charge in [0.2, 0.25) is 5.91 Å². The summed E-state index contributed by atoms with van der Waals surface area (Å²) < 4.78 is 6.33. The van der Waals surface area contributed by atoms with Gasteiger partial charge in [-0.1, -0.05) is 26.2 Å². The number of nitrogens with one attached hydrogen (secondary N) is 1. The van der Waals surface area contributed by atoms with E-state index in [0.717, 1.165) is 45.0 Å². The summed E-state index contributed by atoms with van der Waals surface area (Å²) in [5.74, 6) is 0.876. The molecule has 0 spiro atoms. The summed E-state index contributed by atoms with van der Waals surface area (Å²) in [5, 5.41) is 7.23. The van der Waals surface area contributed by atoms with Crippen molar-refractivity contribution in [2.45, 2.75) is 51.6 Å². The minimum atomic E-state index is 0.144. The van der Waals surface area contributed by atoms with Crippen molar-refractivity contribution in [1.82, 2.24) is 20.0 Å². The first-order valence-corrected chi connectivity index (χ1v) is 9.89. The molecule has 1 amide bonds. The second kappa shape index (κ2) is 9.34. The number of carbonyl (C=O) groups is 1. The molecule has 6 nitrogen and oxygen atoms in total. The third-order valence-corrected chi connectivity index (χ3v) is 5.64. The summed E-state index contributed by atoms with van der Waals surface area (Å²) in [4.78, 5) is 16.1. The van der Waals surface area contributed by atoms with Crippen LogP contribution in [0.2, 0.25) is 0 Å². The van der Waals surface area contributed by atoms with E-state index in [-0.39, 0.29) is 12.0 Å². The van der Waals surface area contributed by atoms with Crippen LogP contribution >= 0.6 is 0 Å². The molecule has 1 saturated heterocycles. The molecule has 1 atom stereocenters. The Balaban J connectivity index is 1.45. The molecule has 2 fully saturated rings. The van der Waals surface area contributed by atoms with Crippen molar-refractivity contribution in [2.24, 2.45) is 5.92 Å². The molecule has 3 rings (SSSR count). The van der Waals surface area contributed by atoms with Crippen LogP contribution in [0.1, 0.15) is 57.2 Å². The number of aromatic amines is 1. The van der Waals surface area contributed by atoms with Gasteiger partial charge in [0.05, 0.1) is 12.3 Å². The van der Waals surface area contributed by atoms with Crippen LogP contribution in [0.3, 0.4) is 0 Å². The van der Waals surface area contributed by atoms with Gasteiger partial charge in [-0.15, -0.1) is 0 Å². The summed E-state index contributed by atoms with van der Waals surface area (Å²) in [5.41, 5.74) is 1.12. The highest BCUT2D eigenvalue weighted by Gasteiger charge is 2.27. The highest BCUT2D eigenvalue weighted by molar-refractivity contribution is 5.75. The van der Waals surface area contributed by atoms with E-state index in [1.54, 1.807) is 0 Å². The lowest BCUT2D eigenvalue weighted by Gasteiger charge is -2.35. The second-order valence-electron chi connectivity index (χ2n) is 7.28. The molecule has 1 aromatic heterocycles. The van der Waals surface area contributed by atoms with Crippen molar-refractivity contribution in [3.63, 3.8) is 0 Å². The molecule has 0 radical (unpaired) electrons. The minimum absolute atomic E-state index is 0.144. The molecule has 2 aliphatic rings. The molecule has 1 unspecified atom stereocenters. The molecular weight excluding hydrogens is 316 g/mol. The number of carbonyl (C=O) groups excluding carboxylic acids is 1. The van der Waals surface area contributed by atoms with Crippen molar-refractivity contribution < 1.29 is 9.53 Å². The summed E-state index contributed by atoms with van der Waals surface area (Å²) in [6.07, 6.45) is 9.05. The van der Waals surface area contributed by atoms with Gasteiger partial charge in [-0.3, -0.25) is 14.8 Å². The quantitative estimate of drug-likeness (QED) is 0.823. The van der Waals surface area contributed by atoms with Gasteiger partial charge in [0.15, 0.2) is 0 Å². The second-order valence-corrected chi connectivity index (χ2v) is 7.28. The van der Waals surface area contributed by atoms with Gasteiger partial charge in [0.25, 0.3) is 0 Å². The minimum Gasteiger partial charge on any atom is -0.370 e. The molecule has 25 heavy (non-hydrogen) atoms. The fraction of sp³-hybridized carbons (Fsp3) is 0.789. The standard InChI is InChI=1S/C19H32N4O2/c1-2-18(24)23-12-10-22(11-13-23)14-15-25-19(17-8-9-20-21-17)16-6-4-3-5-7-16/h8-9,16,19H,2-7,10-15H2,1H3,(H,20,21). The van der Waals surface area contributed by atoms with E-state index < -0.39 is 0 Å². The third kappa shape index (κ3) is 5.05. The smallest absolute Gasteiger partial charge is 0.222 e. The number of H-pyrrole nitrogens is 1. The topological polar surface area (TPSA) is 61.5 Å². The Bertz CT molecular complexity index is 506. The molecule has 2 heterocycles. The number of ether oxygens (including phenoxy) is 1. The van der Waals surface area contributed by atoms with Gasteiger partial charge in [0.1, 0.15) is 6.10 Å². The van der Waals surface area contributed by atoms with Crippen molar-refractivity contribution in [1.29, 1.82) is 0 Å². The van der Waals surface area contributed by atoms with Crippen molar-refractivity contribution in [3.8, 4) is 0 Å². The van der Waals surface area contributed by atoms with E-state index in [1.807, 2.05) is 18.0 Å². The number of hydrogen-bond donors (Lipinski definition) is 1. The molecule has 1 saturated carbocycles. The van der Waals surface area contributed by atoms with Gasteiger partial charge in [-0.05, 0) is 24.8 Å². The summed E-state index contributed by atoms with van der Waals surface area (Å²) >= 11 is 0. The molecule has 1 aliphatic carbocycles. The van der Waals surface area contributed by atoms with Crippen LogP contribution in [-0.2, 0) is 9.53 Å². The molecular formula is C19H32N4O2. The summed E-state index contributed by atoms with van der Waals surface area (Å²) in [6, 6.07) is 2.05. The molecule has 0 aromatic carbocycles. The molecule has 1 aliphatic heterocycles. The van der Waals surface area contributed by atoms with Crippen LogP contribution in [0.15, 0.2) is 12.3 Å². The summed E-state index contributed by atoms with van der Waals surface area (Å²) in [6.45, 7) is 7.20. The fourth-order valence-corrected chi connectivity index (χ4v) is 4.10. The Morgan fingerprint density at radius 2 is 2.04 bits per heavy atom. The average Bonchev–Trinajstić information content (AvgIpc) is 3.20. The number of piperazine rings is 1. The van der Waals surface area contributed by atoms with Gasteiger partial charge in [-0.25, -0.2) is 0 Å². The SMILES string of the molecule is CCC(=O)N1CCN(CCOC(c2ccn[nH]2)C2CCCCC2)CC1. The normalized spacial score (nSPS) is 21.4. The van der Waals surface area contributed by atoms with E-state index >= 15 is 0 Å². The van der Waals surface area contributed by atoms with Crippen molar-refractivity contribution >= 4 is 5.91 Å². The predicted molar refractivity (Wildman–Crippen MR) is 97.2 cm³/mol. The zero-order valence-electron chi connectivity index (χ0n) is 15.5. The maximum absolute atomic E-state index is 11.8. The number of aromatic nitrogens is 2. The lowest BCUT2D eigenvalue weighted by atomic mass is 9.84. The number of amides is 1. The molecule has 6 heteroatoms. The van der Waals surface area contributed by atoms with E-state index in [4.69, 9.17) is 4.74 Å². The highest BCUT2D eigenvalue weighted by atomic mass is 16.5. The first-order chi connectivity index (χ1) is 12.3. The van der Waals surface area contributed by atoms with E-state index in [2.05, 4.69) is 21.2 Å². The van der Waals surface area contributed by atoms with Gasteiger partial charge in [0, 0.05) is 45.3 Å². The Morgan fingerprint density at radius 1 is 1.28 bits per heavy atom. The molecule has 140 valence electrons. The average molecular weight is 348 g/mol. The van der Waals surface area contributed by atoms with E-state index in [0.29, 0.717) is 12.3 Å². The predicted octanol–water partition coefficient (Wildman–Crippen LogP) is 2.60. The van der Waals surface area contributed by atoms with Gasteiger partial charge in [-0.2, -0.15) is 5.10 Å². The fourth-order valence-electron chi connectivity index (χ4n) is 4.10. The zero-order valence-corrected chi connectivity index (χ0v) is 15.5. The maximum atomic E-state index is 11.8. The lowest BCUT2D eigenvalue weighted by molar-refractivity contribution is -0.132. The van der Waals surface area contributed by atoms with Crippen LogP contribution in [0.5, 0.6) is 0 Å². The van der Waals surface area contributed by atoms with Crippen molar-refractivity contribution in [3.05, 3.63) is 18.0 Å². The number of rotatable bonds is 7. The van der Waals surface area contributed by atoms with Gasteiger partial charge < -0.3 is 9.64 Å². The van der Waals surface area contributed by atoms with Gasteiger partial charge >= 0.3 is 0 Å². The zero-order chi connectivity index (χ0) is 17.5. The van der Waals surface area contributed by atoms with Crippen LogP contribution in [0.25, 0.3) is 0 Å². The first kappa shape index (κ1) is 18.4. The van der Waals surface area contributed by atoms with Crippen LogP contribution in [0, 0.1) is 5.92 Å². The monoisotopic (exact) mass is 348 g/mol. The molecule has 1 aromatic rings. The Labute approximate surface area is 150 Å². The number of hydrogen-bond acceptors (Lipinski definition) is 4.